The van der Waals surface area contributed by atoms with Gasteiger partial charge in [-0.25, -0.2) is 4.39 Å². The van der Waals surface area contributed by atoms with Gasteiger partial charge in [0.1, 0.15) is 19.0 Å². The lowest BCUT2D eigenvalue weighted by Crippen LogP contribution is -2.11. The van der Waals surface area contributed by atoms with E-state index in [9.17, 15) is 9.50 Å². The Balaban J connectivity index is 0.00000289. The second-order valence-corrected chi connectivity index (χ2v) is 3.69. The van der Waals surface area contributed by atoms with Crippen LogP contribution in [0.4, 0.5) is 4.39 Å². The Morgan fingerprint density at radius 2 is 2.00 bits per heavy atom. The molecule has 0 aromatic heterocycles. The van der Waals surface area contributed by atoms with E-state index in [-0.39, 0.29) is 24.8 Å². The minimum Gasteiger partial charge on any atom is -0.491 e. The van der Waals surface area contributed by atoms with E-state index in [1.54, 1.807) is 24.3 Å². The van der Waals surface area contributed by atoms with Crippen LogP contribution in [-0.2, 0) is 0 Å². The van der Waals surface area contributed by atoms with Gasteiger partial charge in [-0.3, -0.25) is 5.41 Å². The highest BCUT2D eigenvalue weighted by Gasteiger charge is 2.08. The second kappa shape index (κ2) is 8.72. The van der Waals surface area contributed by atoms with Crippen molar-refractivity contribution < 1.29 is 14.2 Å². The van der Waals surface area contributed by atoms with Crippen LogP contribution >= 0.6 is 12.4 Å². The van der Waals surface area contributed by atoms with Crippen molar-refractivity contribution in [2.24, 2.45) is 5.73 Å². The molecule has 0 saturated carbocycles. The summed E-state index contributed by atoms with van der Waals surface area (Å²) < 4.78 is 16.9. The van der Waals surface area contributed by atoms with Crippen LogP contribution in [-0.4, -0.2) is 24.2 Å². The molecule has 1 rings (SSSR count). The summed E-state index contributed by atoms with van der Waals surface area (Å²) in [5.74, 6) is 0.636. The van der Waals surface area contributed by atoms with Crippen molar-refractivity contribution in [3.8, 4) is 5.75 Å². The molecular weight excluding hydrogens is 259 g/mol. The summed E-state index contributed by atoms with van der Waals surface area (Å²) in [6.45, 7) is -0.491. The first-order valence-electron chi connectivity index (χ1n) is 5.43. The maximum absolute atomic E-state index is 11.9. The summed E-state index contributed by atoms with van der Waals surface area (Å²) >= 11 is 0. The molecule has 0 spiro atoms. The van der Waals surface area contributed by atoms with Crippen LogP contribution in [0.15, 0.2) is 24.3 Å². The van der Waals surface area contributed by atoms with E-state index in [0.29, 0.717) is 18.6 Å². The Labute approximate surface area is 112 Å². The molecule has 0 fully saturated rings. The SMILES string of the molecule is Cl.N=C(N)CCC(O)c1ccc(OCCF)cc1. The standard InChI is InChI=1S/C12H17FN2O2.ClH/c13-7-8-17-10-3-1-9(2-4-10)11(16)5-6-12(14)15;/h1-4,11,16H,5-8H2,(H3,14,15);1H. The summed E-state index contributed by atoms with van der Waals surface area (Å²) in [6.07, 6.45) is 0.135. The molecule has 0 radical (unpaired) electrons. The van der Waals surface area contributed by atoms with Gasteiger partial charge in [0, 0.05) is 6.42 Å². The Bertz CT molecular complexity index is 360. The van der Waals surface area contributed by atoms with Gasteiger partial charge in [-0.05, 0) is 24.1 Å². The summed E-state index contributed by atoms with van der Waals surface area (Å²) in [7, 11) is 0. The third kappa shape index (κ3) is 5.84. The van der Waals surface area contributed by atoms with Crippen molar-refractivity contribution in [3.05, 3.63) is 29.8 Å². The number of aliphatic hydroxyl groups excluding tert-OH is 1. The Kier molecular flexibility index (Phi) is 8.07. The van der Waals surface area contributed by atoms with E-state index < -0.39 is 12.8 Å². The molecule has 0 saturated heterocycles. The number of halogens is 2. The largest absolute Gasteiger partial charge is 0.491 e. The number of ether oxygens (including phenoxy) is 1. The molecule has 18 heavy (non-hydrogen) atoms. The third-order valence-electron chi connectivity index (χ3n) is 2.30. The summed E-state index contributed by atoms with van der Waals surface area (Å²) in [5.41, 5.74) is 5.95. The zero-order chi connectivity index (χ0) is 12.7. The quantitative estimate of drug-likeness (QED) is 0.528. The zero-order valence-electron chi connectivity index (χ0n) is 9.93. The van der Waals surface area contributed by atoms with Crippen molar-refractivity contribution in [2.45, 2.75) is 18.9 Å². The van der Waals surface area contributed by atoms with Crippen molar-refractivity contribution in [1.29, 1.82) is 5.41 Å². The Hall–Kier alpha value is -1.33. The molecule has 1 unspecified atom stereocenters. The van der Waals surface area contributed by atoms with Crippen LogP contribution in [0.25, 0.3) is 0 Å². The first kappa shape index (κ1) is 16.7. The highest BCUT2D eigenvalue weighted by atomic mass is 35.5. The van der Waals surface area contributed by atoms with E-state index in [4.69, 9.17) is 15.9 Å². The molecule has 4 nitrogen and oxygen atoms in total. The molecule has 1 aromatic carbocycles. The molecule has 1 atom stereocenters. The Morgan fingerprint density at radius 1 is 1.39 bits per heavy atom. The highest BCUT2D eigenvalue weighted by Crippen LogP contribution is 2.21. The van der Waals surface area contributed by atoms with Gasteiger partial charge >= 0.3 is 0 Å². The van der Waals surface area contributed by atoms with E-state index >= 15 is 0 Å². The highest BCUT2D eigenvalue weighted by molar-refractivity contribution is 5.85. The van der Waals surface area contributed by atoms with Gasteiger partial charge < -0.3 is 15.6 Å². The van der Waals surface area contributed by atoms with Crippen LogP contribution in [0.1, 0.15) is 24.5 Å². The van der Waals surface area contributed by atoms with Crippen molar-refractivity contribution in [2.75, 3.05) is 13.3 Å². The van der Waals surface area contributed by atoms with E-state index in [1.165, 1.54) is 0 Å². The number of rotatable bonds is 7. The number of aliphatic hydroxyl groups is 1. The van der Waals surface area contributed by atoms with Crippen LogP contribution in [0.5, 0.6) is 5.75 Å². The molecule has 0 heterocycles. The second-order valence-electron chi connectivity index (χ2n) is 3.69. The van der Waals surface area contributed by atoms with E-state index in [1.807, 2.05) is 0 Å². The molecule has 6 heteroatoms. The lowest BCUT2D eigenvalue weighted by Gasteiger charge is -2.11. The summed E-state index contributed by atoms with van der Waals surface area (Å²) in [5, 5.41) is 16.9. The van der Waals surface area contributed by atoms with Gasteiger partial charge in [0.2, 0.25) is 0 Å². The number of amidine groups is 1. The molecule has 0 aliphatic heterocycles. The van der Waals surface area contributed by atoms with Crippen molar-refractivity contribution in [3.63, 3.8) is 0 Å². The number of benzene rings is 1. The normalized spacial score (nSPS) is 11.4. The number of nitrogens with one attached hydrogen (secondary N) is 1. The van der Waals surface area contributed by atoms with E-state index in [2.05, 4.69) is 0 Å². The van der Waals surface area contributed by atoms with E-state index in [0.717, 1.165) is 5.56 Å². The first-order chi connectivity index (χ1) is 8.13. The third-order valence-corrected chi connectivity index (χ3v) is 2.30. The number of hydrogen-bond acceptors (Lipinski definition) is 3. The maximum atomic E-state index is 11.9. The molecule has 1 aromatic rings. The van der Waals surface area contributed by atoms with Gasteiger partial charge in [0.25, 0.3) is 0 Å². The van der Waals surface area contributed by atoms with Gasteiger partial charge in [0.05, 0.1) is 11.9 Å². The molecule has 4 N–H and O–H groups in total. The average molecular weight is 277 g/mol. The number of nitrogens with two attached hydrogens (primary N) is 1. The monoisotopic (exact) mass is 276 g/mol. The zero-order valence-corrected chi connectivity index (χ0v) is 10.8. The van der Waals surface area contributed by atoms with Crippen LogP contribution in [0, 0.1) is 5.41 Å². The van der Waals surface area contributed by atoms with Crippen LogP contribution < -0.4 is 10.5 Å². The molecule has 0 amide bonds. The Morgan fingerprint density at radius 3 is 2.50 bits per heavy atom. The lowest BCUT2D eigenvalue weighted by atomic mass is 10.0. The van der Waals surface area contributed by atoms with Crippen LogP contribution in [0.3, 0.4) is 0 Å². The molecule has 0 aliphatic carbocycles. The topological polar surface area (TPSA) is 79.3 Å². The van der Waals surface area contributed by atoms with Gasteiger partial charge in [-0.1, -0.05) is 12.1 Å². The average Bonchev–Trinajstić information content (AvgIpc) is 2.34. The molecule has 102 valence electrons. The van der Waals surface area contributed by atoms with Gasteiger partial charge in [-0.15, -0.1) is 12.4 Å². The lowest BCUT2D eigenvalue weighted by molar-refractivity contribution is 0.170. The summed E-state index contributed by atoms with van der Waals surface area (Å²) in [6, 6.07) is 6.81. The minimum absolute atomic E-state index is 0. The molecular formula is C12H18ClFN2O2. The van der Waals surface area contributed by atoms with Crippen molar-refractivity contribution >= 4 is 18.2 Å². The van der Waals surface area contributed by atoms with Crippen molar-refractivity contribution in [1.82, 2.24) is 0 Å². The smallest absolute Gasteiger partial charge is 0.123 e. The fourth-order valence-corrected chi connectivity index (χ4v) is 1.40. The van der Waals surface area contributed by atoms with Gasteiger partial charge in [0.15, 0.2) is 0 Å². The van der Waals surface area contributed by atoms with Gasteiger partial charge in [-0.2, -0.15) is 0 Å². The molecule has 0 bridgehead atoms. The maximum Gasteiger partial charge on any atom is 0.123 e. The minimum atomic E-state index is -0.644. The fourth-order valence-electron chi connectivity index (χ4n) is 1.40. The summed E-state index contributed by atoms with van der Waals surface area (Å²) in [4.78, 5) is 0. The number of alkyl halides is 1. The predicted octanol–water partition coefficient (Wildman–Crippen LogP) is 2.21. The number of hydrogen-bond donors (Lipinski definition) is 3. The predicted molar refractivity (Wildman–Crippen MR) is 71.3 cm³/mol. The fraction of sp³-hybridized carbons (Fsp3) is 0.417. The molecule has 0 aliphatic rings. The first-order valence-corrected chi connectivity index (χ1v) is 5.43. The van der Waals surface area contributed by atoms with Crippen LogP contribution in [0.2, 0.25) is 0 Å².